The summed E-state index contributed by atoms with van der Waals surface area (Å²) in [5.41, 5.74) is -1.27. The Hall–Kier alpha value is -4.56. The standard InChI is InChI=1S/C23H19F6N5O4/c1-12-7-16(8-13(2)19(12)37-18-10-17(30-3)31-11-32-18)34(38-20(35)23(27,28)29)21(36)33-15-6-4-5-14(9-15)22(24,25)26/h4-11H,1-3H3,(H,33,36)(H,30,31,32). The lowest BCUT2D eigenvalue weighted by Gasteiger charge is -2.24. The molecule has 0 aliphatic heterocycles. The predicted molar refractivity (Wildman–Crippen MR) is 123 cm³/mol. The Morgan fingerprint density at radius 2 is 1.61 bits per heavy atom. The number of hydrogen-bond donors (Lipinski definition) is 2. The molecule has 3 rings (SSSR count). The number of aromatic nitrogens is 2. The first-order chi connectivity index (χ1) is 17.7. The van der Waals surface area contributed by atoms with Crippen molar-refractivity contribution in [1.29, 1.82) is 0 Å². The highest BCUT2D eigenvalue weighted by atomic mass is 19.4. The number of halogens is 6. The molecule has 38 heavy (non-hydrogen) atoms. The van der Waals surface area contributed by atoms with Crippen molar-refractivity contribution in [3.8, 4) is 11.6 Å². The Bertz CT molecular complexity index is 1320. The van der Waals surface area contributed by atoms with Crippen molar-refractivity contribution in [2.45, 2.75) is 26.2 Å². The van der Waals surface area contributed by atoms with Crippen LogP contribution >= 0.6 is 0 Å². The van der Waals surface area contributed by atoms with Crippen molar-refractivity contribution in [2.24, 2.45) is 0 Å². The van der Waals surface area contributed by atoms with E-state index >= 15 is 0 Å². The van der Waals surface area contributed by atoms with Gasteiger partial charge in [-0.1, -0.05) is 6.07 Å². The van der Waals surface area contributed by atoms with E-state index in [2.05, 4.69) is 20.1 Å². The van der Waals surface area contributed by atoms with Gasteiger partial charge in [-0.25, -0.2) is 19.6 Å². The first kappa shape index (κ1) is 28.0. The van der Waals surface area contributed by atoms with Gasteiger partial charge in [-0.2, -0.15) is 26.3 Å². The molecule has 3 aromatic rings. The molecule has 1 aromatic heterocycles. The fraction of sp³-hybridized carbons (Fsp3) is 0.217. The number of carbonyl (C=O) groups excluding carboxylic acids is 2. The Labute approximate surface area is 211 Å². The number of aryl methyl sites for hydroxylation is 2. The predicted octanol–water partition coefficient (Wildman–Crippen LogP) is 6.01. The van der Waals surface area contributed by atoms with Crippen molar-refractivity contribution >= 4 is 29.2 Å². The third-order valence-corrected chi connectivity index (χ3v) is 4.82. The van der Waals surface area contributed by atoms with E-state index < -0.39 is 35.6 Å². The molecule has 0 aliphatic rings. The van der Waals surface area contributed by atoms with Gasteiger partial charge in [0.1, 0.15) is 17.9 Å². The minimum absolute atomic E-state index is 0.0103. The second-order valence-corrected chi connectivity index (χ2v) is 7.68. The van der Waals surface area contributed by atoms with E-state index in [0.29, 0.717) is 23.0 Å². The Morgan fingerprint density at radius 3 is 2.18 bits per heavy atom. The van der Waals surface area contributed by atoms with Crippen LogP contribution in [0.25, 0.3) is 0 Å². The van der Waals surface area contributed by atoms with Crippen LogP contribution in [0.4, 0.5) is 48.3 Å². The first-order valence-corrected chi connectivity index (χ1v) is 10.6. The van der Waals surface area contributed by atoms with Gasteiger partial charge in [-0.15, -0.1) is 5.06 Å². The molecule has 0 saturated carbocycles. The number of hydrogen-bond acceptors (Lipinski definition) is 7. The van der Waals surface area contributed by atoms with Gasteiger partial charge < -0.3 is 20.2 Å². The molecular formula is C23H19F6N5O4. The molecule has 0 radical (unpaired) electrons. The molecule has 0 spiro atoms. The van der Waals surface area contributed by atoms with Crippen molar-refractivity contribution in [1.82, 2.24) is 9.97 Å². The van der Waals surface area contributed by atoms with Crippen LogP contribution < -0.4 is 20.4 Å². The topological polar surface area (TPSA) is 106 Å². The summed E-state index contributed by atoms with van der Waals surface area (Å²) in [4.78, 5) is 36.6. The summed E-state index contributed by atoms with van der Waals surface area (Å²) in [5.74, 6) is -1.92. The summed E-state index contributed by atoms with van der Waals surface area (Å²) in [5, 5.41) is 4.79. The number of alkyl halides is 6. The highest BCUT2D eigenvalue weighted by Crippen LogP contribution is 2.34. The van der Waals surface area contributed by atoms with Crippen molar-refractivity contribution in [3.05, 3.63) is 65.5 Å². The smallest absolute Gasteiger partial charge is 0.438 e. The van der Waals surface area contributed by atoms with Gasteiger partial charge in [0.2, 0.25) is 5.88 Å². The van der Waals surface area contributed by atoms with E-state index in [9.17, 15) is 35.9 Å². The van der Waals surface area contributed by atoms with Gasteiger partial charge >= 0.3 is 24.4 Å². The number of hydroxylamine groups is 1. The van der Waals surface area contributed by atoms with Crippen LogP contribution in [0.1, 0.15) is 16.7 Å². The number of ether oxygens (including phenoxy) is 1. The van der Waals surface area contributed by atoms with Crippen LogP contribution in [-0.4, -0.2) is 35.2 Å². The van der Waals surface area contributed by atoms with E-state index in [4.69, 9.17) is 4.74 Å². The first-order valence-electron chi connectivity index (χ1n) is 10.6. The largest absolute Gasteiger partial charge is 0.493 e. The molecule has 0 bridgehead atoms. The van der Waals surface area contributed by atoms with Crippen LogP contribution in [0, 0.1) is 13.8 Å². The van der Waals surface area contributed by atoms with Gasteiger partial charge in [-0.05, 0) is 55.3 Å². The van der Waals surface area contributed by atoms with Gasteiger partial charge in [0.15, 0.2) is 0 Å². The summed E-state index contributed by atoms with van der Waals surface area (Å²) in [6, 6.07) is 5.73. The molecule has 0 atom stereocenters. The van der Waals surface area contributed by atoms with Crippen molar-refractivity contribution in [3.63, 3.8) is 0 Å². The number of anilines is 3. The number of urea groups is 1. The molecule has 2 aromatic carbocycles. The minimum Gasteiger partial charge on any atom is -0.438 e. The second kappa shape index (κ2) is 10.8. The number of benzene rings is 2. The number of amides is 2. The number of nitrogens with one attached hydrogen (secondary N) is 2. The second-order valence-electron chi connectivity index (χ2n) is 7.68. The summed E-state index contributed by atoms with van der Waals surface area (Å²) in [7, 11) is 1.62. The van der Waals surface area contributed by atoms with Crippen LogP contribution in [0.3, 0.4) is 0 Å². The maximum Gasteiger partial charge on any atom is 0.493 e. The molecule has 2 N–H and O–H groups in total. The molecule has 9 nitrogen and oxygen atoms in total. The molecule has 202 valence electrons. The van der Waals surface area contributed by atoms with E-state index in [1.165, 1.54) is 38.4 Å². The molecule has 0 aliphatic carbocycles. The SMILES string of the molecule is CNc1cc(Oc2c(C)cc(N(OC(=O)C(F)(F)F)C(=O)Nc3cccc(C(F)(F)F)c3)cc2C)ncn1. The third-order valence-electron chi connectivity index (χ3n) is 4.82. The lowest BCUT2D eigenvalue weighted by molar-refractivity contribution is -0.199. The van der Waals surface area contributed by atoms with Gasteiger partial charge in [-0.3, -0.25) is 0 Å². The summed E-state index contributed by atoms with van der Waals surface area (Å²) in [6.07, 6.45) is -8.98. The number of rotatable bonds is 5. The fourth-order valence-electron chi connectivity index (χ4n) is 3.14. The third kappa shape index (κ3) is 6.80. The van der Waals surface area contributed by atoms with Gasteiger partial charge in [0.25, 0.3) is 0 Å². The number of nitrogens with zero attached hydrogens (tertiary/aromatic N) is 3. The summed E-state index contributed by atoms with van der Waals surface area (Å²) in [6.45, 7) is 3.00. The van der Waals surface area contributed by atoms with E-state index in [0.717, 1.165) is 18.2 Å². The van der Waals surface area contributed by atoms with Crippen molar-refractivity contribution in [2.75, 3.05) is 22.7 Å². The maximum atomic E-state index is 13.0. The normalized spacial score (nSPS) is 11.5. The molecule has 0 fully saturated rings. The fourth-order valence-corrected chi connectivity index (χ4v) is 3.14. The molecule has 2 amide bonds. The Kier molecular flexibility index (Phi) is 7.98. The molecule has 1 heterocycles. The van der Waals surface area contributed by atoms with E-state index in [-0.39, 0.29) is 22.4 Å². The highest BCUT2D eigenvalue weighted by molar-refractivity contribution is 6.02. The summed E-state index contributed by atoms with van der Waals surface area (Å²) >= 11 is 0. The van der Waals surface area contributed by atoms with Crippen LogP contribution in [0.2, 0.25) is 0 Å². The van der Waals surface area contributed by atoms with Gasteiger partial charge in [0.05, 0.1) is 11.3 Å². The van der Waals surface area contributed by atoms with Crippen molar-refractivity contribution < 1.29 is 45.5 Å². The highest BCUT2D eigenvalue weighted by Gasteiger charge is 2.44. The lowest BCUT2D eigenvalue weighted by atomic mass is 10.1. The van der Waals surface area contributed by atoms with Gasteiger partial charge in [0, 0.05) is 18.8 Å². The zero-order chi connectivity index (χ0) is 28.3. The van der Waals surface area contributed by atoms with Crippen LogP contribution in [0.15, 0.2) is 48.8 Å². The Morgan fingerprint density at radius 1 is 0.947 bits per heavy atom. The molecular weight excluding hydrogens is 524 g/mol. The monoisotopic (exact) mass is 543 g/mol. The zero-order valence-electron chi connectivity index (χ0n) is 19.9. The average Bonchev–Trinajstić information content (AvgIpc) is 2.83. The number of carbonyl (C=O) groups is 2. The van der Waals surface area contributed by atoms with Crippen LogP contribution in [0.5, 0.6) is 11.6 Å². The quantitative estimate of drug-likeness (QED) is 0.300. The molecule has 15 heteroatoms. The molecule has 0 saturated heterocycles. The minimum atomic E-state index is -5.47. The maximum absolute atomic E-state index is 13.0. The van der Waals surface area contributed by atoms with Crippen LogP contribution in [-0.2, 0) is 15.8 Å². The van der Waals surface area contributed by atoms with E-state index in [1.54, 1.807) is 7.05 Å². The molecule has 0 unspecified atom stereocenters. The van der Waals surface area contributed by atoms with E-state index in [1.807, 2.05) is 5.32 Å². The lowest BCUT2D eigenvalue weighted by Crippen LogP contribution is -2.41. The Balaban J connectivity index is 1.96. The zero-order valence-corrected chi connectivity index (χ0v) is 19.9. The summed E-state index contributed by atoms with van der Waals surface area (Å²) < 4.78 is 83.6. The average molecular weight is 543 g/mol.